The van der Waals surface area contributed by atoms with E-state index in [0.717, 1.165) is 12.0 Å². The van der Waals surface area contributed by atoms with E-state index < -0.39 is 6.04 Å². The van der Waals surface area contributed by atoms with Gasteiger partial charge in [0, 0.05) is 17.1 Å². The first-order valence-electron chi connectivity index (χ1n) is 8.29. The van der Waals surface area contributed by atoms with Gasteiger partial charge in [0.15, 0.2) is 0 Å². The van der Waals surface area contributed by atoms with Crippen LogP contribution in [0.2, 0.25) is 0 Å². The highest BCUT2D eigenvalue weighted by atomic mass is 16.2. The molecule has 0 saturated heterocycles. The van der Waals surface area contributed by atoms with Crippen LogP contribution in [-0.4, -0.2) is 18.0 Å². The lowest BCUT2D eigenvalue weighted by molar-refractivity contribution is -0.117. The first kappa shape index (κ1) is 18.5. The molecule has 0 radical (unpaired) electrons. The second kappa shape index (κ2) is 8.84. The molecule has 0 heterocycles. The van der Waals surface area contributed by atoms with Gasteiger partial charge in [0.2, 0.25) is 5.91 Å². The van der Waals surface area contributed by atoms with Gasteiger partial charge in [-0.2, -0.15) is 0 Å². The fourth-order valence-corrected chi connectivity index (χ4v) is 2.32. The average molecular weight is 340 g/mol. The summed E-state index contributed by atoms with van der Waals surface area (Å²) < 4.78 is 0. The molecule has 1 atom stereocenters. The minimum absolute atomic E-state index is 0.226. The van der Waals surface area contributed by atoms with Gasteiger partial charge in [-0.05, 0) is 43.2 Å². The molecule has 0 spiro atoms. The summed E-state index contributed by atoms with van der Waals surface area (Å²) in [7, 11) is 0. The maximum atomic E-state index is 12.1. The molecule has 0 aliphatic carbocycles. The van der Waals surface area contributed by atoms with Crippen molar-refractivity contribution in [2.75, 3.05) is 16.0 Å². The number of para-hydroxylation sites is 1. The van der Waals surface area contributed by atoms with Crippen molar-refractivity contribution in [1.29, 1.82) is 0 Å². The maximum absolute atomic E-state index is 12.1. The zero-order valence-corrected chi connectivity index (χ0v) is 14.5. The van der Waals surface area contributed by atoms with Crippen molar-refractivity contribution in [3.63, 3.8) is 0 Å². The number of carbonyl (C=O) groups is 2. The van der Waals surface area contributed by atoms with Crippen molar-refractivity contribution in [1.82, 2.24) is 0 Å². The molecule has 6 nitrogen and oxygen atoms in total. The molecule has 2 rings (SSSR count). The van der Waals surface area contributed by atoms with Crippen molar-refractivity contribution in [3.8, 4) is 0 Å². The van der Waals surface area contributed by atoms with Crippen LogP contribution >= 0.6 is 0 Å². The van der Waals surface area contributed by atoms with Gasteiger partial charge in [0.25, 0.3) is 0 Å². The Morgan fingerprint density at radius 2 is 1.68 bits per heavy atom. The topological polar surface area (TPSA) is 96.2 Å². The molecule has 0 aliphatic rings. The molecule has 6 heteroatoms. The largest absolute Gasteiger partial charge is 0.324 e. The lowest BCUT2D eigenvalue weighted by Crippen LogP contribution is -2.35. The van der Waals surface area contributed by atoms with Crippen molar-refractivity contribution in [2.45, 2.75) is 32.7 Å². The number of nitrogens with one attached hydrogen (secondary N) is 3. The van der Waals surface area contributed by atoms with E-state index in [4.69, 9.17) is 5.73 Å². The minimum atomic E-state index is -0.539. The van der Waals surface area contributed by atoms with Gasteiger partial charge < -0.3 is 21.7 Å². The number of aryl methyl sites for hydroxylation is 1. The Labute approximate surface area is 147 Å². The first-order valence-corrected chi connectivity index (χ1v) is 8.29. The van der Waals surface area contributed by atoms with Crippen LogP contribution in [0, 0.1) is 6.92 Å². The van der Waals surface area contributed by atoms with Crippen molar-refractivity contribution in [3.05, 3.63) is 54.1 Å². The second-order valence-electron chi connectivity index (χ2n) is 5.86. The van der Waals surface area contributed by atoms with Crippen LogP contribution in [0.5, 0.6) is 0 Å². The Bertz CT molecular complexity index is 731. The Kier molecular flexibility index (Phi) is 6.54. The number of benzene rings is 2. The Morgan fingerprint density at radius 1 is 1.00 bits per heavy atom. The van der Waals surface area contributed by atoms with Gasteiger partial charge in [-0.3, -0.25) is 4.79 Å². The van der Waals surface area contributed by atoms with Crippen molar-refractivity contribution < 1.29 is 9.59 Å². The minimum Gasteiger partial charge on any atom is -0.324 e. The molecule has 25 heavy (non-hydrogen) atoms. The van der Waals surface area contributed by atoms with Gasteiger partial charge >= 0.3 is 6.03 Å². The molecule has 132 valence electrons. The fraction of sp³-hybridized carbons (Fsp3) is 0.263. The normalized spacial score (nSPS) is 11.5. The van der Waals surface area contributed by atoms with E-state index in [9.17, 15) is 9.59 Å². The number of nitrogens with two attached hydrogens (primary N) is 1. The van der Waals surface area contributed by atoms with Gasteiger partial charge in [0.1, 0.15) is 0 Å². The molecule has 0 fully saturated rings. The quantitative estimate of drug-likeness (QED) is 0.645. The molecular weight excluding hydrogens is 316 g/mol. The maximum Gasteiger partial charge on any atom is 0.323 e. The number of carbonyl (C=O) groups excluding carboxylic acids is 2. The first-order chi connectivity index (χ1) is 12.0. The number of hydrogen-bond acceptors (Lipinski definition) is 3. The number of rotatable bonds is 6. The predicted octanol–water partition coefficient (Wildman–Crippen LogP) is 3.70. The number of urea groups is 1. The third-order valence-corrected chi connectivity index (χ3v) is 3.72. The van der Waals surface area contributed by atoms with E-state index in [1.807, 2.05) is 38.1 Å². The van der Waals surface area contributed by atoms with E-state index in [1.165, 1.54) is 0 Å². The van der Waals surface area contributed by atoms with Crippen LogP contribution in [0.25, 0.3) is 0 Å². The van der Waals surface area contributed by atoms with E-state index in [2.05, 4.69) is 16.0 Å². The van der Waals surface area contributed by atoms with Crippen LogP contribution in [0.15, 0.2) is 48.5 Å². The van der Waals surface area contributed by atoms with Crippen molar-refractivity contribution >= 4 is 29.0 Å². The summed E-state index contributed by atoms with van der Waals surface area (Å²) in [4.78, 5) is 24.2. The lowest BCUT2D eigenvalue weighted by Gasteiger charge is -2.15. The molecule has 2 aromatic carbocycles. The van der Waals surface area contributed by atoms with Crippen LogP contribution in [-0.2, 0) is 4.79 Å². The fourth-order valence-electron chi connectivity index (χ4n) is 2.32. The summed E-state index contributed by atoms with van der Waals surface area (Å²) >= 11 is 0. The summed E-state index contributed by atoms with van der Waals surface area (Å²) in [5.41, 5.74) is 8.65. The molecule has 1 unspecified atom stereocenters. The highest BCUT2D eigenvalue weighted by molar-refractivity contribution is 6.01. The summed E-state index contributed by atoms with van der Waals surface area (Å²) in [6, 6.07) is 13.6. The summed E-state index contributed by atoms with van der Waals surface area (Å²) in [6.07, 6.45) is 1.47. The van der Waals surface area contributed by atoms with E-state index in [1.54, 1.807) is 24.3 Å². The molecule has 0 bridgehead atoms. The van der Waals surface area contributed by atoms with Crippen molar-refractivity contribution in [2.24, 2.45) is 5.73 Å². The third-order valence-electron chi connectivity index (χ3n) is 3.72. The zero-order chi connectivity index (χ0) is 18.2. The van der Waals surface area contributed by atoms with Crippen LogP contribution in [0.1, 0.15) is 25.3 Å². The number of anilines is 3. The molecule has 5 N–H and O–H groups in total. The van der Waals surface area contributed by atoms with E-state index in [-0.39, 0.29) is 11.9 Å². The van der Waals surface area contributed by atoms with Crippen LogP contribution < -0.4 is 21.7 Å². The summed E-state index contributed by atoms with van der Waals surface area (Å²) in [5.74, 6) is -0.226. The molecule has 0 aliphatic heterocycles. The standard InChI is InChI=1S/C19H24N4O2/c1-3-7-16(20)18(24)23-17-12-15(11-10-13(17)2)22-19(25)21-14-8-5-4-6-9-14/h4-6,8-12,16H,3,7,20H2,1-2H3,(H,23,24)(H2,21,22,25). The highest BCUT2D eigenvalue weighted by Gasteiger charge is 2.14. The van der Waals surface area contributed by atoms with E-state index in [0.29, 0.717) is 23.5 Å². The predicted molar refractivity (Wildman–Crippen MR) is 102 cm³/mol. The van der Waals surface area contributed by atoms with Gasteiger partial charge in [-0.1, -0.05) is 37.6 Å². The zero-order valence-electron chi connectivity index (χ0n) is 14.5. The highest BCUT2D eigenvalue weighted by Crippen LogP contribution is 2.21. The van der Waals surface area contributed by atoms with Crippen LogP contribution in [0.3, 0.4) is 0 Å². The van der Waals surface area contributed by atoms with E-state index >= 15 is 0 Å². The number of hydrogen-bond donors (Lipinski definition) is 4. The second-order valence-corrected chi connectivity index (χ2v) is 5.86. The Morgan fingerprint density at radius 3 is 2.36 bits per heavy atom. The Hall–Kier alpha value is -2.86. The average Bonchev–Trinajstić information content (AvgIpc) is 2.59. The molecule has 2 aromatic rings. The SMILES string of the molecule is CCCC(N)C(=O)Nc1cc(NC(=O)Nc2ccccc2)ccc1C. The third kappa shape index (κ3) is 5.61. The summed E-state index contributed by atoms with van der Waals surface area (Å²) in [6.45, 7) is 3.86. The monoisotopic (exact) mass is 340 g/mol. The van der Waals surface area contributed by atoms with Gasteiger partial charge in [-0.25, -0.2) is 4.79 Å². The molecule has 3 amide bonds. The van der Waals surface area contributed by atoms with Gasteiger partial charge in [-0.15, -0.1) is 0 Å². The molecule has 0 saturated carbocycles. The molecular formula is C19H24N4O2. The smallest absolute Gasteiger partial charge is 0.323 e. The van der Waals surface area contributed by atoms with Gasteiger partial charge in [0.05, 0.1) is 6.04 Å². The number of amides is 3. The summed E-state index contributed by atoms with van der Waals surface area (Å²) in [5, 5.41) is 8.32. The van der Waals surface area contributed by atoms with Crippen LogP contribution in [0.4, 0.5) is 21.9 Å². The lowest BCUT2D eigenvalue weighted by atomic mass is 10.1. The molecule has 0 aromatic heterocycles. The Balaban J connectivity index is 2.02.